The van der Waals surface area contributed by atoms with E-state index in [9.17, 15) is 4.79 Å². The molecule has 1 aromatic heterocycles. The van der Waals surface area contributed by atoms with Gasteiger partial charge in [-0.3, -0.25) is 0 Å². The van der Waals surface area contributed by atoms with Gasteiger partial charge in [0, 0.05) is 6.92 Å². The zero-order valence-corrected chi connectivity index (χ0v) is 7.87. The molecule has 0 aliphatic rings. The minimum absolute atomic E-state index is 0. The van der Waals surface area contributed by atoms with Gasteiger partial charge < -0.3 is 22.1 Å². The van der Waals surface area contributed by atoms with E-state index in [0.29, 0.717) is 5.82 Å². The monoisotopic (exact) mass is 220 g/mol. The first-order valence-electron chi connectivity index (χ1n) is 2.90. The second-order valence-electron chi connectivity index (χ2n) is 2.11. The molecule has 0 saturated carbocycles. The van der Waals surface area contributed by atoms with Crippen molar-refractivity contribution in [1.82, 2.24) is 4.57 Å². The number of aryl methyl sites for hydroxylation is 1. The molecule has 0 saturated heterocycles. The summed E-state index contributed by atoms with van der Waals surface area (Å²) in [4.78, 5) is 10.4. The topological polar surface area (TPSA) is 46.1 Å². The molecule has 0 fully saturated rings. The Labute approximate surface area is 74.8 Å². The van der Waals surface area contributed by atoms with Crippen molar-refractivity contribution in [3.05, 3.63) is 18.2 Å². The molecule has 4 nitrogen and oxygen atoms in total. The van der Waals surface area contributed by atoms with Crippen LogP contribution in [0.2, 0.25) is 0 Å². The maximum absolute atomic E-state index is 10.4. The quantitative estimate of drug-likeness (QED) is 0.479. The average molecular weight is 221 g/mol. The van der Waals surface area contributed by atoms with E-state index in [4.69, 9.17) is 5.11 Å². The van der Waals surface area contributed by atoms with Crippen LogP contribution in [0.5, 0.6) is 0 Å². The maximum atomic E-state index is 10.4. The summed E-state index contributed by atoms with van der Waals surface area (Å²) in [7, 11) is 1.80. The fraction of sp³-hybridized carbons (Fsp3) is 0.333. The Morgan fingerprint density at radius 3 is 2.45 bits per heavy atom. The van der Waals surface area contributed by atoms with Crippen molar-refractivity contribution in [2.75, 3.05) is 0 Å². The number of hydrogen-bond donors (Lipinski definition) is 1. The van der Waals surface area contributed by atoms with Crippen LogP contribution in [0, 0.1) is 6.92 Å². The Balaban J connectivity index is 0.000001000. The molecular weight excluding hydrogens is 212 g/mol. The lowest BCUT2D eigenvalue weighted by molar-refractivity contribution is -0.676. The molecule has 0 bridgehead atoms. The summed E-state index contributed by atoms with van der Waals surface area (Å²) >= 11 is 0. The van der Waals surface area contributed by atoms with E-state index in [1.165, 1.54) is 10.8 Å². The van der Waals surface area contributed by atoms with E-state index in [0.717, 1.165) is 0 Å². The zero-order chi connectivity index (χ0) is 7.72. The van der Waals surface area contributed by atoms with E-state index in [1.807, 2.05) is 0 Å². The van der Waals surface area contributed by atoms with Crippen molar-refractivity contribution in [3.63, 3.8) is 0 Å². The van der Waals surface area contributed by atoms with Gasteiger partial charge >= 0.3 is 6.09 Å². The first kappa shape index (κ1) is 10.2. The van der Waals surface area contributed by atoms with Crippen LogP contribution in [0.1, 0.15) is 5.82 Å². The van der Waals surface area contributed by atoms with E-state index >= 15 is 0 Å². The highest BCUT2D eigenvalue weighted by molar-refractivity contribution is 5.67. The molecule has 0 atom stereocenters. The second-order valence-corrected chi connectivity index (χ2v) is 2.11. The molecule has 5 heteroatoms. The van der Waals surface area contributed by atoms with Crippen molar-refractivity contribution in [2.45, 2.75) is 6.92 Å². The van der Waals surface area contributed by atoms with Gasteiger partial charge in [-0.05, 0) is 0 Å². The minimum Gasteiger partial charge on any atom is -1.00 e. The molecule has 1 rings (SSSR count). The third kappa shape index (κ3) is 1.80. The van der Waals surface area contributed by atoms with Gasteiger partial charge in [0.1, 0.15) is 12.4 Å². The van der Waals surface area contributed by atoms with Crippen LogP contribution in [0.4, 0.5) is 4.79 Å². The predicted octanol–water partition coefficient (Wildman–Crippen LogP) is -2.85. The SMILES string of the molecule is Cc1n(C(=O)O)cc[n+]1C.[Br-]. The van der Waals surface area contributed by atoms with E-state index < -0.39 is 6.09 Å². The van der Waals surface area contributed by atoms with Gasteiger partial charge in [0.15, 0.2) is 0 Å². The van der Waals surface area contributed by atoms with Crippen LogP contribution in [-0.4, -0.2) is 15.8 Å². The van der Waals surface area contributed by atoms with Crippen molar-refractivity contribution in [2.24, 2.45) is 7.05 Å². The molecule has 0 spiro atoms. The summed E-state index contributed by atoms with van der Waals surface area (Å²) in [6.45, 7) is 1.74. The van der Waals surface area contributed by atoms with Gasteiger partial charge in [0.2, 0.25) is 0 Å². The van der Waals surface area contributed by atoms with Crippen LogP contribution in [-0.2, 0) is 7.05 Å². The number of aromatic nitrogens is 2. The number of imidazole rings is 1. The van der Waals surface area contributed by atoms with Gasteiger partial charge in [0.05, 0.1) is 7.05 Å². The molecule has 0 radical (unpaired) electrons. The largest absolute Gasteiger partial charge is 1.00 e. The van der Waals surface area contributed by atoms with Crippen LogP contribution in [0.3, 0.4) is 0 Å². The fourth-order valence-electron chi connectivity index (χ4n) is 0.755. The molecule has 62 valence electrons. The van der Waals surface area contributed by atoms with Crippen LogP contribution < -0.4 is 21.5 Å². The minimum atomic E-state index is -0.946. The molecule has 0 unspecified atom stereocenters. The summed E-state index contributed by atoms with van der Waals surface area (Å²) in [5.74, 6) is 0.701. The molecular formula is C6H9BrN2O2. The number of nitrogens with zero attached hydrogens (tertiary/aromatic N) is 2. The summed E-state index contributed by atoms with van der Waals surface area (Å²) in [6.07, 6.45) is 2.26. The number of carbonyl (C=O) groups is 1. The highest BCUT2D eigenvalue weighted by Gasteiger charge is 2.14. The Hall–Kier alpha value is -0.840. The smallest absolute Gasteiger partial charge is 0.509 e. The Morgan fingerprint density at radius 2 is 2.27 bits per heavy atom. The molecule has 1 aromatic rings. The molecule has 11 heavy (non-hydrogen) atoms. The highest BCUT2D eigenvalue weighted by Crippen LogP contribution is 1.90. The number of hydrogen-bond acceptors (Lipinski definition) is 1. The van der Waals surface area contributed by atoms with Crippen molar-refractivity contribution in [3.8, 4) is 0 Å². The number of rotatable bonds is 0. The van der Waals surface area contributed by atoms with E-state index in [2.05, 4.69) is 0 Å². The van der Waals surface area contributed by atoms with E-state index in [1.54, 1.807) is 24.7 Å². The predicted molar refractivity (Wildman–Crippen MR) is 33.8 cm³/mol. The van der Waals surface area contributed by atoms with Gasteiger partial charge in [-0.2, -0.15) is 4.79 Å². The average Bonchev–Trinajstić information content (AvgIpc) is 2.14. The summed E-state index contributed by atoms with van der Waals surface area (Å²) in [6, 6.07) is 0. The first-order chi connectivity index (χ1) is 4.63. The van der Waals surface area contributed by atoms with Gasteiger partial charge in [-0.1, -0.05) is 0 Å². The van der Waals surface area contributed by atoms with Crippen molar-refractivity contribution < 1.29 is 31.4 Å². The molecule has 0 aliphatic carbocycles. The van der Waals surface area contributed by atoms with Gasteiger partial charge in [-0.25, -0.2) is 4.57 Å². The summed E-state index contributed by atoms with van der Waals surface area (Å²) < 4.78 is 2.91. The van der Waals surface area contributed by atoms with Gasteiger partial charge in [-0.15, -0.1) is 4.57 Å². The lowest BCUT2D eigenvalue weighted by Crippen LogP contribution is -3.00. The fourth-order valence-corrected chi connectivity index (χ4v) is 0.755. The Kier molecular flexibility index (Phi) is 3.25. The molecule has 0 aliphatic heterocycles. The third-order valence-corrected chi connectivity index (χ3v) is 1.50. The van der Waals surface area contributed by atoms with Crippen LogP contribution in [0.15, 0.2) is 12.4 Å². The van der Waals surface area contributed by atoms with Crippen molar-refractivity contribution >= 4 is 6.09 Å². The normalized spacial score (nSPS) is 8.91. The lowest BCUT2D eigenvalue weighted by atomic mass is 10.7. The maximum Gasteiger partial charge on any atom is 0.509 e. The second kappa shape index (κ2) is 3.52. The first-order valence-corrected chi connectivity index (χ1v) is 2.90. The molecule has 1 heterocycles. The van der Waals surface area contributed by atoms with Crippen LogP contribution in [0.25, 0.3) is 0 Å². The Morgan fingerprint density at radius 1 is 1.73 bits per heavy atom. The highest BCUT2D eigenvalue weighted by atomic mass is 79.9. The molecule has 0 amide bonds. The lowest BCUT2D eigenvalue weighted by Gasteiger charge is -1.87. The van der Waals surface area contributed by atoms with E-state index in [-0.39, 0.29) is 17.0 Å². The number of halogens is 1. The standard InChI is InChI=1S/C6H8N2O2.BrH/c1-5-7(2)3-4-8(5)6(9)10;/h3-4H,1-2H3;1H. The summed E-state index contributed by atoms with van der Waals surface area (Å²) in [5, 5.41) is 8.53. The third-order valence-electron chi connectivity index (χ3n) is 1.50. The molecule has 1 N–H and O–H groups in total. The molecule has 0 aromatic carbocycles. The van der Waals surface area contributed by atoms with Gasteiger partial charge in [0.25, 0.3) is 5.82 Å². The zero-order valence-electron chi connectivity index (χ0n) is 6.28. The Bertz CT molecular complexity index is 270. The van der Waals surface area contributed by atoms with Crippen molar-refractivity contribution in [1.29, 1.82) is 0 Å². The summed E-state index contributed by atoms with van der Waals surface area (Å²) in [5.41, 5.74) is 0. The van der Waals surface area contributed by atoms with Crippen LogP contribution >= 0.6 is 0 Å². The number of carboxylic acid groups (broad SMARTS) is 1.